The molecule has 0 fully saturated rings. The molecule has 0 saturated carbocycles. The Kier molecular flexibility index (Phi) is 5.24. The quantitative estimate of drug-likeness (QED) is 0.377. The van der Waals surface area contributed by atoms with E-state index in [2.05, 4.69) is 17.1 Å². The molecular weight excluding hydrogens is 200 g/mol. The Hall–Kier alpha value is -1.14. The molecule has 0 heterocycles. The van der Waals surface area contributed by atoms with Crippen molar-refractivity contribution in [3.8, 4) is 0 Å². The van der Waals surface area contributed by atoms with E-state index in [1.54, 1.807) is 20.8 Å². The van der Waals surface area contributed by atoms with Crippen molar-refractivity contribution in [3.05, 3.63) is 6.92 Å². The standard InChI is InChI=1S/C9H17N2O4/c1-5-11-7(12)6(15-10)8(13)14-9(2,3)4/h6H,1,5,10H2,2-4H3,(H,11,12). The Morgan fingerprint density at radius 1 is 1.47 bits per heavy atom. The molecule has 0 aromatic heterocycles. The number of ether oxygens (including phenoxy) is 1. The fourth-order valence-electron chi connectivity index (χ4n) is 0.796. The first kappa shape index (κ1) is 13.9. The van der Waals surface area contributed by atoms with Crippen molar-refractivity contribution in [2.75, 3.05) is 6.54 Å². The minimum atomic E-state index is -1.45. The summed E-state index contributed by atoms with van der Waals surface area (Å²) >= 11 is 0. The van der Waals surface area contributed by atoms with Crippen molar-refractivity contribution < 1.29 is 19.2 Å². The van der Waals surface area contributed by atoms with E-state index < -0.39 is 23.6 Å². The van der Waals surface area contributed by atoms with E-state index in [1.807, 2.05) is 0 Å². The summed E-state index contributed by atoms with van der Waals surface area (Å²) in [6.45, 7) is 8.57. The number of carbonyl (C=O) groups is 2. The lowest BCUT2D eigenvalue weighted by atomic mass is 10.2. The van der Waals surface area contributed by atoms with Gasteiger partial charge in [-0.3, -0.25) is 9.63 Å². The number of esters is 1. The predicted molar refractivity (Wildman–Crippen MR) is 53.3 cm³/mol. The molecule has 1 atom stereocenters. The van der Waals surface area contributed by atoms with Crippen molar-refractivity contribution >= 4 is 11.9 Å². The predicted octanol–water partition coefficient (Wildman–Crippen LogP) is -0.463. The van der Waals surface area contributed by atoms with Gasteiger partial charge < -0.3 is 10.1 Å². The van der Waals surface area contributed by atoms with E-state index in [4.69, 9.17) is 10.6 Å². The van der Waals surface area contributed by atoms with Gasteiger partial charge in [0.2, 0.25) is 0 Å². The Morgan fingerprint density at radius 2 is 2.00 bits per heavy atom. The molecule has 1 amide bonds. The van der Waals surface area contributed by atoms with Crippen LogP contribution < -0.4 is 11.2 Å². The molecule has 3 N–H and O–H groups in total. The molecule has 6 nitrogen and oxygen atoms in total. The van der Waals surface area contributed by atoms with Gasteiger partial charge in [0.1, 0.15) is 5.60 Å². The summed E-state index contributed by atoms with van der Waals surface area (Å²) in [4.78, 5) is 26.9. The van der Waals surface area contributed by atoms with Gasteiger partial charge in [0.25, 0.3) is 12.0 Å². The summed E-state index contributed by atoms with van der Waals surface area (Å²) in [7, 11) is 0. The molecular formula is C9H17N2O4. The van der Waals surface area contributed by atoms with Crippen molar-refractivity contribution in [1.29, 1.82) is 0 Å². The van der Waals surface area contributed by atoms with Gasteiger partial charge in [-0.15, -0.1) is 0 Å². The summed E-state index contributed by atoms with van der Waals surface area (Å²) in [5.74, 6) is 3.35. The van der Waals surface area contributed by atoms with Crippen molar-refractivity contribution in [1.82, 2.24) is 5.32 Å². The van der Waals surface area contributed by atoms with Crippen LogP contribution >= 0.6 is 0 Å². The van der Waals surface area contributed by atoms with E-state index in [9.17, 15) is 9.59 Å². The monoisotopic (exact) mass is 217 g/mol. The Morgan fingerprint density at radius 3 is 2.33 bits per heavy atom. The Bertz CT molecular complexity index is 235. The molecule has 15 heavy (non-hydrogen) atoms. The first-order chi connectivity index (χ1) is 6.81. The topological polar surface area (TPSA) is 90.6 Å². The van der Waals surface area contributed by atoms with Gasteiger partial charge in [0, 0.05) is 6.54 Å². The molecule has 0 aromatic carbocycles. The normalized spacial score (nSPS) is 13.1. The second-order valence-corrected chi connectivity index (χ2v) is 3.84. The third-order valence-electron chi connectivity index (χ3n) is 1.29. The Balaban J connectivity index is 4.41. The fraction of sp³-hybridized carbons (Fsp3) is 0.667. The molecule has 0 spiro atoms. The average molecular weight is 217 g/mol. The van der Waals surface area contributed by atoms with Gasteiger partial charge in [-0.1, -0.05) is 0 Å². The molecule has 0 bridgehead atoms. The van der Waals surface area contributed by atoms with Crippen molar-refractivity contribution in [2.24, 2.45) is 5.90 Å². The highest BCUT2D eigenvalue weighted by Crippen LogP contribution is 2.09. The van der Waals surface area contributed by atoms with Crippen LogP contribution in [-0.4, -0.2) is 30.1 Å². The van der Waals surface area contributed by atoms with E-state index >= 15 is 0 Å². The third kappa shape index (κ3) is 5.34. The first-order valence-corrected chi connectivity index (χ1v) is 4.47. The molecule has 0 aliphatic rings. The molecule has 0 aliphatic carbocycles. The van der Waals surface area contributed by atoms with E-state index in [0.717, 1.165) is 0 Å². The number of nitrogens with two attached hydrogens (primary N) is 1. The highest BCUT2D eigenvalue weighted by Gasteiger charge is 2.31. The summed E-state index contributed by atoms with van der Waals surface area (Å²) < 4.78 is 4.93. The van der Waals surface area contributed by atoms with Gasteiger partial charge in [-0.25, -0.2) is 10.7 Å². The van der Waals surface area contributed by atoms with Crippen molar-refractivity contribution in [3.63, 3.8) is 0 Å². The largest absolute Gasteiger partial charge is 0.458 e. The van der Waals surface area contributed by atoms with Crippen LogP contribution in [0.1, 0.15) is 20.8 Å². The van der Waals surface area contributed by atoms with Crippen LogP contribution in [0.2, 0.25) is 0 Å². The number of hydrogen-bond acceptors (Lipinski definition) is 5. The van der Waals surface area contributed by atoms with Crippen LogP contribution in [0.4, 0.5) is 0 Å². The number of nitrogens with one attached hydrogen (secondary N) is 1. The molecule has 87 valence electrons. The maximum atomic E-state index is 11.4. The number of hydrogen-bond donors (Lipinski definition) is 2. The lowest BCUT2D eigenvalue weighted by Gasteiger charge is -2.22. The van der Waals surface area contributed by atoms with Gasteiger partial charge in [0.05, 0.1) is 0 Å². The zero-order valence-electron chi connectivity index (χ0n) is 9.20. The van der Waals surface area contributed by atoms with Crippen LogP contribution in [0.3, 0.4) is 0 Å². The second-order valence-electron chi connectivity index (χ2n) is 3.84. The van der Waals surface area contributed by atoms with Gasteiger partial charge in [-0.2, -0.15) is 0 Å². The van der Waals surface area contributed by atoms with Crippen LogP contribution in [0, 0.1) is 6.92 Å². The highest BCUT2D eigenvalue weighted by molar-refractivity contribution is 6.00. The van der Waals surface area contributed by atoms with E-state index in [0.29, 0.717) is 0 Å². The summed E-state index contributed by atoms with van der Waals surface area (Å²) in [6.07, 6.45) is -1.45. The number of rotatable bonds is 4. The van der Waals surface area contributed by atoms with Crippen LogP contribution in [0.15, 0.2) is 0 Å². The summed E-state index contributed by atoms with van der Waals surface area (Å²) in [6, 6.07) is 0. The van der Waals surface area contributed by atoms with Crippen LogP contribution in [0.25, 0.3) is 0 Å². The lowest BCUT2D eigenvalue weighted by molar-refractivity contribution is -0.172. The zero-order chi connectivity index (χ0) is 12.1. The zero-order valence-corrected chi connectivity index (χ0v) is 9.20. The minimum Gasteiger partial charge on any atom is -0.458 e. The first-order valence-electron chi connectivity index (χ1n) is 4.47. The Labute approximate surface area is 89.1 Å². The summed E-state index contributed by atoms with van der Waals surface area (Å²) in [5, 5.41) is 2.31. The van der Waals surface area contributed by atoms with Gasteiger partial charge in [0.15, 0.2) is 0 Å². The molecule has 6 heteroatoms. The lowest BCUT2D eigenvalue weighted by Crippen LogP contribution is -2.46. The maximum absolute atomic E-state index is 11.4. The smallest absolute Gasteiger partial charge is 0.347 e. The van der Waals surface area contributed by atoms with E-state index in [-0.39, 0.29) is 6.54 Å². The molecule has 1 unspecified atom stereocenters. The molecule has 0 rings (SSSR count). The molecule has 1 radical (unpaired) electrons. The molecule has 0 aromatic rings. The van der Waals surface area contributed by atoms with Crippen LogP contribution in [-0.2, 0) is 19.2 Å². The van der Waals surface area contributed by atoms with Crippen molar-refractivity contribution in [2.45, 2.75) is 32.5 Å². The molecule has 0 saturated heterocycles. The third-order valence-corrected chi connectivity index (χ3v) is 1.29. The summed E-state index contributed by atoms with van der Waals surface area (Å²) in [5.41, 5.74) is -0.696. The van der Waals surface area contributed by atoms with Gasteiger partial charge in [-0.05, 0) is 27.7 Å². The second kappa shape index (κ2) is 5.67. The molecule has 0 aliphatic heterocycles. The minimum absolute atomic E-state index is 0.140. The number of amides is 1. The SMILES string of the molecule is [CH2]CNC(=O)C(ON)C(=O)OC(C)(C)C. The van der Waals surface area contributed by atoms with Gasteiger partial charge >= 0.3 is 5.97 Å². The van der Waals surface area contributed by atoms with E-state index in [1.165, 1.54) is 0 Å². The van der Waals surface area contributed by atoms with Crippen LogP contribution in [0.5, 0.6) is 0 Å². The average Bonchev–Trinajstić information content (AvgIpc) is 2.02. The fourth-order valence-corrected chi connectivity index (χ4v) is 0.796. The highest BCUT2D eigenvalue weighted by atomic mass is 16.7. The number of carbonyl (C=O) groups excluding carboxylic acids is 2. The maximum Gasteiger partial charge on any atom is 0.347 e.